The van der Waals surface area contributed by atoms with E-state index in [2.05, 4.69) is 41.0 Å². The molecule has 2 amide bonds. The minimum atomic E-state index is -1.06. The third-order valence-corrected chi connectivity index (χ3v) is 18.1. The first-order valence-corrected chi connectivity index (χ1v) is 25.6. The predicted molar refractivity (Wildman–Crippen MR) is 265 cm³/mol. The van der Waals surface area contributed by atoms with E-state index < -0.39 is 29.6 Å². The Labute approximate surface area is 413 Å². The molecule has 2 fully saturated rings. The van der Waals surface area contributed by atoms with Crippen LogP contribution in [-0.2, 0) is 34.3 Å². The van der Waals surface area contributed by atoms with E-state index in [9.17, 15) is 30.0 Å². The lowest BCUT2D eigenvalue weighted by atomic mass is 9.39. The van der Waals surface area contributed by atoms with Crippen molar-refractivity contribution >= 4 is 23.6 Å². The summed E-state index contributed by atoms with van der Waals surface area (Å²) < 4.78 is 31.3. The maximum atomic E-state index is 13.3. The van der Waals surface area contributed by atoms with Gasteiger partial charge in [0.05, 0.1) is 45.7 Å². The zero-order chi connectivity index (χ0) is 48.9. The van der Waals surface area contributed by atoms with Gasteiger partial charge in [-0.05, 0) is 115 Å². The Balaban J connectivity index is 0.902. The molecule has 0 unspecified atom stereocenters. The number of phenolic OH excluding ortho intramolecular Hbond substituents is 1. The first kappa shape index (κ1) is 46.0. The van der Waals surface area contributed by atoms with Gasteiger partial charge < -0.3 is 49.4 Å². The number of hydrogen-bond acceptors (Lipinski definition) is 13. The molecule has 14 nitrogen and oxygen atoms in total. The maximum Gasteiger partial charge on any atom is 0.253 e. The molecule has 372 valence electrons. The summed E-state index contributed by atoms with van der Waals surface area (Å²) in [6, 6.07) is 13.7. The Kier molecular flexibility index (Phi) is 11.4. The lowest BCUT2D eigenvalue weighted by Crippen LogP contribution is -2.64. The summed E-state index contributed by atoms with van der Waals surface area (Å²) >= 11 is 0. The molecular weight excluding hydrogens is 903 g/mol. The summed E-state index contributed by atoms with van der Waals surface area (Å²) in [6.07, 6.45) is 13.5. The first-order valence-electron chi connectivity index (χ1n) is 25.6. The van der Waals surface area contributed by atoms with Crippen LogP contribution in [0.5, 0.6) is 34.5 Å². The molecule has 4 aromatic carbocycles. The zero-order valence-electron chi connectivity index (χ0n) is 40.6. The Bertz CT molecular complexity index is 2890. The van der Waals surface area contributed by atoms with Crippen LogP contribution in [0.25, 0.3) is 17.2 Å². The maximum absolute atomic E-state index is 13.3. The number of nitrogens with zero attached hydrogens (tertiary/aromatic N) is 1. The van der Waals surface area contributed by atoms with Crippen LogP contribution in [0.1, 0.15) is 108 Å². The number of carbonyl (C=O) groups excluding carboxylic acids is 2. The van der Waals surface area contributed by atoms with Gasteiger partial charge in [0.25, 0.3) is 11.8 Å². The normalized spacial score (nSPS) is 27.1. The smallest absolute Gasteiger partial charge is 0.253 e. The van der Waals surface area contributed by atoms with Gasteiger partial charge in [0, 0.05) is 76.0 Å². The molecule has 0 saturated heterocycles. The number of amides is 2. The summed E-state index contributed by atoms with van der Waals surface area (Å²) in [5, 5.41) is 54.4. The number of allylic oxidation sites excluding steroid dienone is 1. The van der Waals surface area contributed by atoms with Crippen LogP contribution in [0.15, 0.2) is 60.7 Å². The minimum Gasteiger partial charge on any atom is -0.502 e. The number of nitrogens with one attached hydrogen (secondary N) is 2. The Hall–Kier alpha value is -6.06. The SMILES string of the molecule is CCNCOc1cc(OC)c2c3c1[C@@H](O)Nc1cc4c(c(c1-3)CC2)[C@@H](O)[C@H](c1cc(OC)c(O)c(OC[C@H](CO)[C@]23c5c6cccc5CC[C@H]2CC2(CCCC2)[C@H](CN2C(=O)C=CC2=O)[C@@H]3C=C6)c1)CO4. The summed E-state index contributed by atoms with van der Waals surface area (Å²) in [6.45, 7) is 3.24. The van der Waals surface area contributed by atoms with Crippen LogP contribution >= 0.6 is 0 Å². The van der Waals surface area contributed by atoms with E-state index in [4.69, 9.17) is 23.7 Å². The number of aliphatic hydroxyl groups is 3. The van der Waals surface area contributed by atoms with Gasteiger partial charge >= 0.3 is 0 Å². The van der Waals surface area contributed by atoms with E-state index >= 15 is 0 Å². The van der Waals surface area contributed by atoms with Gasteiger partial charge in [0.2, 0.25) is 5.75 Å². The van der Waals surface area contributed by atoms with E-state index in [1.807, 2.05) is 19.1 Å². The number of aliphatic hydroxyl groups excluding tert-OH is 3. The van der Waals surface area contributed by atoms with Crippen LogP contribution < -0.4 is 34.3 Å². The van der Waals surface area contributed by atoms with Crippen LogP contribution in [0, 0.1) is 29.1 Å². The van der Waals surface area contributed by atoms with E-state index in [1.165, 1.54) is 35.3 Å². The van der Waals surface area contributed by atoms with Crippen molar-refractivity contribution in [3.63, 3.8) is 0 Å². The molecule has 5 aliphatic carbocycles. The average molecular weight is 966 g/mol. The van der Waals surface area contributed by atoms with Crippen molar-refractivity contribution < 1.29 is 53.7 Å². The fourth-order valence-electron chi connectivity index (χ4n) is 15.1. The highest BCUT2D eigenvalue weighted by Crippen LogP contribution is 2.69. The van der Waals surface area contributed by atoms with Crippen molar-refractivity contribution in [1.82, 2.24) is 10.2 Å². The van der Waals surface area contributed by atoms with E-state index in [0.717, 1.165) is 72.8 Å². The lowest BCUT2D eigenvalue weighted by molar-refractivity contribution is -0.143. The molecule has 8 atom stereocenters. The topological polar surface area (TPSA) is 189 Å². The van der Waals surface area contributed by atoms with Crippen molar-refractivity contribution in [2.75, 3.05) is 59.2 Å². The van der Waals surface area contributed by atoms with Gasteiger partial charge in [0.1, 0.15) is 24.0 Å². The second kappa shape index (κ2) is 17.6. The molecule has 3 heterocycles. The Morgan fingerprint density at radius 3 is 2.44 bits per heavy atom. The monoisotopic (exact) mass is 965 g/mol. The van der Waals surface area contributed by atoms with Crippen molar-refractivity contribution in [3.05, 3.63) is 105 Å². The number of fused-ring (bicyclic) bond motifs is 2. The van der Waals surface area contributed by atoms with E-state index in [0.29, 0.717) is 65.6 Å². The number of hydrogen-bond donors (Lipinski definition) is 6. The highest BCUT2D eigenvalue weighted by atomic mass is 16.5. The molecule has 6 N–H and O–H groups in total. The third kappa shape index (κ3) is 6.87. The molecule has 0 aromatic heterocycles. The van der Waals surface area contributed by atoms with Crippen LogP contribution in [-0.4, -0.2) is 91.0 Å². The average Bonchev–Trinajstić information content (AvgIpc) is 3.98. The second-order valence-electron chi connectivity index (χ2n) is 21.0. The van der Waals surface area contributed by atoms with Gasteiger partial charge in [-0.25, -0.2) is 0 Å². The number of ether oxygens (including phenoxy) is 5. The molecule has 0 bridgehead atoms. The van der Waals surface area contributed by atoms with Crippen molar-refractivity contribution in [2.45, 2.75) is 88.4 Å². The van der Waals surface area contributed by atoms with Gasteiger partial charge in [-0.2, -0.15) is 0 Å². The van der Waals surface area contributed by atoms with Crippen molar-refractivity contribution in [2.24, 2.45) is 29.1 Å². The molecule has 4 aromatic rings. The number of aryl methyl sites for hydroxylation is 1. The Morgan fingerprint density at radius 2 is 1.68 bits per heavy atom. The fourth-order valence-corrected chi connectivity index (χ4v) is 15.1. The number of anilines is 1. The number of phenols is 1. The molecule has 3 aliphatic heterocycles. The summed E-state index contributed by atoms with van der Waals surface area (Å²) in [7, 11) is 3.12. The van der Waals surface area contributed by atoms with Crippen LogP contribution in [0.3, 0.4) is 0 Å². The van der Waals surface area contributed by atoms with E-state index in [-0.39, 0.29) is 78.8 Å². The largest absolute Gasteiger partial charge is 0.502 e. The predicted octanol–water partition coefficient (Wildman–Crippen LogP) is 7.38. The number of methoxy groups -OCH3 is 2. The van der Waals surface area contributed by atoms with Gasteiger partial charge in [-0.1, -0.05) is 50.1 Å². The number of aromatic hydroxyl groups is 1. The second-order valence-corrected chi connectivity index (χ2v) is 21.0. The molecule has 0 radical (unpaired) electrons. The van der Waals surface area contributed by atoms with Gasteiger partial charge in [0.15, 0.2) is 17.7 Å². The number of imide groups is 1. The molecule has 12 rings (SSSR count). The number of rotatable bonds is 14. The lowest BCUT2D eigenvalue weighted by Gasteiger charge is -2.65. The third-order valence-electron chi connectivity index (χ3n) is 18.1. The summed E-state index contributed by atoms with van der Waals surface area (Å²) in [5.41, 5.74) is 9.15. The quantitative estimate of drug-likeness (QED) is 0.0418. The van der Waals surface area contributed by atoms with Crippen molar-refractivity contribution in [1.29, 1.82) is 0 Å². The standard InChI is InChI=1S/C57H63N3O11/c1-4-58-29-71-43-23-41(67-2)35-13-14-36-48-40(59-55(66)51(43)50(35)48)22-42-49(36)53(64)37(28-70-42)32-20-44(68-3)54(65)45(21-32)69-27-34(26-61)57-33-12-10-30-8-7-9-31(52(30)57)11-15-38(57)39(56(24-33)18-5-6-19-56)25-60-46(62)16-17-47(60)63/h7-9,11,15-17,20-23,33-34,37-39,53,55,58-59,61,64-66H,4-6,10,12-14,18-19,24-29H2,1-3H3/t33-,34-,37-,38-,39+,53-,55+,57+/m0/s1. The molecule has 1 spiro atoms. The minimum absolute atomic E-state index is 0.0385. The van der Waals surface area contributed by atoms with Crippen LogP contribution in [0.4, 0.5) is 5.69 Å². The summed E-state index contributed by atoms with van der Waals surface area (Å²) in [4.78, 5) is 28.0. The highest BCUT2D eigenvalue weighted by Gasteiger charge is 2.65. The molecule has 2 saturated carbocycles. The van der Waals surface area contributed by atoms with Gasteiger partial charge in [-0.3, -0.25) is 19.8 Å². The van der Waals surface area contributed by atoms with E-state index in [1.54, 1.807) is 19.2 Å². The number of benzene rings is 4. The molecular formula is C57H63N3O11. The molecule has 8 aliphatic rings. The first-order chi connectivity index (χ1) is 34.5. The fraction of sp³-hybridized carbons (Fsp3) is 0.474. The number of carbonyl (C=O) groups is 2. The molecule has 71 heavy (non-hydrogen) atoms. The highest BCUT2D eigenvalue weighted by molar-refractivity contribution is 6.12. The Morgan fingerprint density at radius 1 is 0.901 bits per heavy atom. The van der Waals surface area contributed by atoms with Crippen LogP contribution in [0.2, 0.25) is 0 Å². The van der Waals surface area contributed by atoms with Crippen molar-refractivity contribution in [3.8, 4) is 45.6 Å². The zero-order valence-corrected chi connectivity index (χ0v) is 40.6. The van der Waals surface area contributed by atoms with Gasteiger partial charge in [-0.15, -0.1) is 0 Å². The molecule has 14 heteroatoms. The summed E-state index contributed by atoms with van der Waals surface area (Å²) in [5.74, 6) is 0.305.